The number of thioether (sulfide) groups is 1. The Hall–Kier alpha value is -3.26. The maximum absolute atomic E-state index is 12.2. The van der Waals surface area contributed by atoms with Crippen molar-refractivity contribution in [2.24, 2.45) is 4.99 Å². The number of carbonyl (C=O) groups excluding carboxylic acids is 1. The number of nitrogens with zero attached hydrogens (tertiary/aromatic N) is 1. The molecule has 1 saturated heterocycles. The number of hydrogen-bond donors (Lipinski definition) is 2. The SMILES string of the molecule is COc1cc(C=C2SC(=Nc3cccc(C)c3)NC2=O)ccc1OCC(=O)O. The number of methoxy groups -OCH3 is 1. The first kappa shape index (κ1) is 19.5. The standard InChI is InChI=1S/C20H18N2O5S/c1-12-4-3-5-14(8-12)21-20-22-19(25)17(28-20)10-13-6-7-15(16(9-13)26-2)27-11-18(23)24/h3-10H,11H2,1-2H3,(H,23,24)(H,21,22,25). The van der Waals surface area contributed by atoms with Gasteiger partial charge in [0.1, 0.15) is 0 Å². The van der Waals surface area contributed by atoms with Crippen molar-refractivity contribution < 1.29 is 24.2 Å². The fourth-order valence-corrected chi connectivity index (χ4v) is 3.32. The van der Waals surface area contributed by atoms with Crippen molar-refractivity contribution in [3.8, 4) is 11.5 Å². The van der Waals surface area contributed by atoms with E-state index < -0.39 is 12.6 Å². The third-order valence-electron chi connectivity index (χ3n) is 3.72. The average molecular weight is 398 g/mol. The van der Waals surface area contributed by atoms with E-state index >= 15 is 0 Å². The fraction of sp³-hybridized carbons (Fsp3) is 0.150. The number of carboxylic acid groups (broad SMARTS) is 1. The normalized spacial score (nSPS) is 16.3. The molecule has 2 aromatic carbocycles. The largest absolute Gasteiger partial charge is 0.493 e. The number of aliphatic carboxylic acids is 1. The Balaban J connectivity index is 1.79. The molecule has 0 atom stereocenters. The van der Waals surface area contributed by atoms with Crippen LogP contribution in [-0.2, 0) is 9.59 Å². The molecule has 0 unspecified atom stereocenters. The number of nitrogens with one attached hydrogen (secondary N) is 1. The zero-order valence-electron chi connectivity index (χ0n) is 15.3. The predicted molar refractivity (Wildman–Crippen MR) is 108 cm³/mol. The maximum atomic E-state index is 12.2. The number of ether oxygens (including phenoxy) is 2. The van der Waals surface area contributed by atoms with E-state index in [1.807, 2.05) is 31.2 Å². The molecule has 8 heteroatoms. The van der Waals surface area contributed by atoms with E-state index in [4.69, 9.17) is 14.6 Å². The van der Waals surface area contributed by atoms with Gasteiger partial charge in [0.15, 0.2) is 23.3 Å². The lowest BCUT2D eigenvalue weighted by molar-refractivity contribution is -0.139. The number of carboxylic acids is 1. The molecule has 1 fully saturated rings. The molecule has 3 rings (SSSR count). The number of benzene rings is 2. The van der Waals surface area contributed by atoms with Gasteiger partial charge >= 0.3 is 5.97 Å². The highest BCUT2D eigenvalue weighted by Gasteiger charge is 2.24. The minimum Gasteiger partial charge on any atom is -0.493 e. The Labute approximate surface area is 166 Å². The molecule has 144 valence electrons. The van der Waals surface area contributed by atoms with E-state index in [0.717, 1.165) is 11.3 Å². The molecule has 0 bridgehead atoms. The van der Waals surface area contributed by atoms with E-state index in [0.29, 0.717) is 27.1 Å². The summed E-state index contributed by atoms with van der Waals surface area (Å²) >= 11 is 1.25. The molecule has 0 aromatic heterocycles. The van der Waals surface area contributed by atoms with Crippen molar-refractivity contribution in [3.63, 3.8) is 0 Å². The van der Waals surface area contributed by atoms with Gasteiger partial charge in [-0.3, -0.25) is 4.79 Å². The van der Waals surface area contributed by atoms with Gasteiger partial charge in [-0.2, -0.15) is 0 Å². The molecular weight excluding hydrogens is 380 g/mol. The molecule has 28 heavy (non-hydrogen) atoms. The molecule has 7 nitrogen and oxygen atoms in total. The summed E-state index contributed by atoms with van der Waals surface area (Å²) in [4.78, 5) is 27.8. The van der Waals surface area contributed by atoms with Gasteiger partial charge in [-0.05, 0) is 60.2 Å². The van der Waals surface area contributed by atoms with Gasteiger partial charge in [0, 0.05) is 0 Å². The molecule has 0 spiro atoms. The van der Waals surface area contributed by atoms with Gasteiger partial charge < -0.3 is 19.9 Å². The Kier molecular flexibility index (Phi) is 6.00. The summed E-state index contributed by atoms with van der Waals surface area (Å²) in [6.07, 6.45) is 1.71. The Morgan fingerprint density at radius 3 is 2.79 bits per heavy atom. The topological polar surface area (TPSA) is 97.2 Å². The van der Waals surface area contributed by atoms with Crippen LogP contribution in [0.2, 0.25) is 0 Å². The van der Waals surface area contributed by atoms with Crippen LogP contribution in [0.3, 0.4) is 0 Å². The highest BCUT2D eigenvalue weighted by atomic mass is 32.2. The van der Waals surface area contributed by atoms with Gasteiger partial charge in [0.2, 0.25) is 0 Å². The van der Waals surface area contributed by atoms with Crippen molar-refractivity contribution in [2.75, 3.05) is 13.7 Å². The molecule has 1 amide bonds. The van der Waals surface area contributed by atoms with Crippen molar-refractivity contribution in [1.82, 2.24) is 5.32 Å². The lowest BCUT2D eigenvalue weighted by Gasteiger charge is -2.09. The third-order valence-corrected chi connectivity index (χ3v) is 4.63. The second kappa shape index (κ2) is 8.62. The van der Waals surface area contributed by atoms with E-state index in [-0.39, 0.29) is 5.91 Å². The van der Waals surface area contributed by atoms with Crippen LogP contribution < -0.4 is 14.8 Å². The number of hydrogen-bond acceptors (Lipinski definition) is 6. The highest BCUT2D eigenvalue weighted by Crippen LogP contribution is 2.32. The monoisotopic (exact) mass is 398 g/mol. The van der Waals surface area contributed by atoms with Crippen LogP contribution in [-0.4, -0.2) is 35.9 Å². The van der Waals surface area contributed by atoms with Crippen molar-refractivity contribution >= 4 is 40.6 Å². The molecule has 0 saturated carbocycles. The summed E-state index contributed by atoms with van der Waals surface area (Å²) in [6, 6.07) is 12.7. The quantitative estimate of drug-likeness (QED) is 0.724. The lowest BCUT2D eigenvalue weighted by Crippen LogP contribution is -2.19. The van der Waals surface area contributed by atoms with Crippen LogP contribution >= 0.6 is 11.8 Å². The molecule has 0 aliphatic carbocycles. The molecule has 1 aliphatic heterocycles. The van der Waals surface area contributed by atoms with E-state index in [1.54, 1.807) is 24.3 Å². The minimum atomic E-state index is -1.08. The first-order valence-corrected chi connectivity index (χ1v) is 9.15. The average Bonchev–Trinajstić information content (AvgIpc) is 2.99. The predicted octanol–water partition coefficient (Wildman–Crippen LogP) is 3.36. The molecule has 1 heterocycles. The molecule has 1 aliphatic rings. The van der Waals surface area contributed by atoms with Crippen LogP contribution in [0.25, 0.3) is 6.08 Å². The van der Waals surface area contributed by atoms with Crippen LogP contribution in [0.4, 0.5) is 5.69 Å². The minimum absolute atomic E-state index is 0.235. The first-order chi connectivity index (χ1) is 13.4. The zero-order valence-corrected chi connectivity index (χ0v) is 16.1. The summed E-state index contributed by atoms with van der Waals surface area (Å²) in [5.74, 6) is -0.612. The molecule has 2 N–H and O–H groups in total. The number of aliphatic imine (C=N–C) groups is 1. The van der Waals surface area contributed by atoms with Crippen molar-refractivity contribution in [2.45, 2.75) is 6.92 Å². The van der Waals surface area contributed by atoms with Gasteiger partial charge in [0.25, 0.3) is 5.91 Å². The van der Waals surface area contributed by atoms with Crippen molar-refractivity contribution in [1.29, 1.82) is 0 Å². The summed E-state index contributed by atoms with van der Waals surface area (Å²) < 4.78 is 10.4. The molecule has 0 radical (unpaired) electrons. The Bertz CT molecular complexity index is 984. The van der Waals surface area contributed by atoms with Crippen LogP contribution in [0.1, 0.15) is 11.1 Å². The van der Waals surface area contributed by atoms with E-state index in [9.17, 15) is 9.59 Å². The summed E-state index contributed by atoms with van der Waals surface area (Å²) in [7, 11) is 1.46. The highest BCUT2D eigenvalue weighted by molar-refractivity contribution is 8.18. The summed E-state index contributed by atoms with van der Waals surface area (Å²) in [6.45, 7) is 1.51. The second-order valence-electron chi connectivity index (χ2n) is 5.91. The van der Waals surface area contributed by atoms with Crippen molar-refractivity contribution in [3.05, 3.63) is 58.5 Å². The fourth-order valence-electron chi connectivity index (χ4n) is 2.48. The summed E-state index contributed by atoms with van der Waals surface area (Å²) in [5, 5.41) is 12.0. The number of amides is 1. The lowest BCUT2D eigenvalue weighted by atomic mass is 10.2. The Morgan fingerprint density at radius 2 is 2.07 bits per heavy atom. The second-order valence-corrected chi connectivity index (χ2v) is 6.94. The smallest absolute Gasteiger partial charge is 0.341 e. The van der Waals surface area contributed by atoms with Gasteiger partial charge in [-0.25, -0.2) is 9.79 Å². The van der Waals surface area contributed by atoms with Gasteiger partial charge in [-0.1, -0.05) is 18.2 Å². The van der Waals surface area contributed by atoms with Gasteiger partial charge in [-0.15, -0.1) is 0 Å². The molecular formula is C20H18N2O5S. The number of amidine groups is 1. The third kappa shape index (κ3) is 4.92. The first-order valence-electron chi connectivity index (χ1n) is 8.33. The number of rotatable bonds is 6. The van der Waals surface area contributed by atoms with Crippen LogP contribution in [0.15, 0.2) is 52.4 Å². The van der Waals surface area contributed by atoms with E-state index in [2.05, 4.69) is 10.3 Å². The molecule has 2 aromatic rings. The van der Waals surface area contributed by atoms with Gasteiger partial charge in [0.05, 0.1) is 17.7 Å². The van der Waals surface area contributed by atoms with E-state index in [1.165, 1.54) is 18.9 Å². The maximum Gasteiger partial charge on any atom is 0.341 e. The number of carbonyl (C=O) groups is 2. The number of aryl methyl sites for hydroxylation is 1. The zero-order chi connectivity index (χ0) is 20.1. The summed E-state index contributed by atoms with van der Waals surface area (Å²) in [5.41, 5.74) is 2.57. The Morgan fingerprint density at radius 1 is 1.25 bits per heavy atom. The van der Waals surface area contributed by atoms with Crippen LogP contribution in [0, 0.1) is 6.92 Å². The van der Waals surface area contributed by atoms with Crippen LogP contribution in [0.5, 0.6) is 11.5 Å².